The molecular formula is C10H13FN4O2. The zero-order valence-electron chi connectivity index (χ0n) is 9.61. The number of nitrogens with zero attached hydrogens (tertiary/aromatic N) is 3. The molecule has 1 rings (SSSR count). The largest absolute Gasteiger partial charge is 0.347 e. The van der Waals surface area contributed by atoms with Crippen LogP contribution in [-0.2, 0) is 16.1 Å². The number of nitrogens with one attached hydrogen (secondary N) is 1. The van der Waals surface area contributed by atoms with Gasteiger partial charge in [-0.15, -0.1) is 0 Å². The molecule has 1 heterocycles. The molecule has 0 radical (unpaired) electrons. The summed E-state index contributed by atoms with van der Waals surface area (Å²) in [4.78, 5) is 23.7. The van der Waals surface area contributed by atoms with Gasteiger partial charge in [-0.3, -0.25) is 14.3 Å². The number of amides is 2. The van der Waals surface area contributed by atoms with Gasteiger partial charge in [-0.1, -0.05) is 6.58 Å². The molecule has 0 spiro atoms. The van der Waals surface area contributed by atoms with E-state index >= 15 is 0 Å². The van der Waals surface area contributed by atoms with Gasteiger partial charge in [-0.05, 0) is 0 Å². The zero-order valence-corrected chi connectivity index (χ0v) is 9.61. The Bertz CT molecular complexity index is 453. The number of carbonyl (C=O) groups excluding carboxylic acids is 2. The molecule has 0 aromatic carbocycles. The van der Waals surface area contributed by atoms with Crippen LogP contribution in [0, 0.1) is 0 Å². The number of likely N-dealkylation sites (N-methyl/N-ethyl adjacent to an activating group) is 1. The van der Waals surface area contributed by atoms with Crippen molar-refractivity contribution in [2.45, 2.75) is 6.54 Å². The first-order valence-corrected chi connectivity index (χ1v) is 4.79. The van der Waals surface area contributed by atoms with Gasteiger partial charge < -0.3 is 10.2 Å². The van der Waals surface area contributed by atoms with Gasteiger partial charge in [0, 0.05) is 26.4 Å². The number of halogens is 1. The number of rotatable bonds is 4. The molecule has 6 nitrogen and oxygen atoms in total. The summed E-state index contributed by atoms with van der Waals surface area (Å²) in [5, 5.41) is 6.08. The van der Waals surface area contributed by atoms with E-state index in [0.717, 1.165) is 0 Å². The number of hydrogen-bond acceptors (Lipinski definition) is 3. The molecule has 0 aliphatic carbocycles. The standard InChI is InChI=1S/C10H13FN4O2/c1-7(11)10(17)12-8-4-5-15(13-8)6-9(16)14(2)3/h4-5H,1,6H2,2-3H3,(H,12,13,17). The zero-order chi connectivity index (χ0) is 13.0. The van der Waals surface area contributed by atoms with Crippen LogP contribution in [0.3, 0.4) is 0 Å². The van der Waals surface area contributed by atoms with E-state index in [9.17, 15) is 14.0 Å². The van der Waals surface area contributed by atoms with Crippen LogP contribution in [0.4, 0.5) is 10.2 Å². The van der Waals surface area contributed by atoms with Crippen LogP contribution in [0.15, 0.2) is 24.7 Å². The Morgan fingerprint density at radius 2 is 2.24 bits per heavy atom. The lowest BCUT2D eigenvalue weighted by Gasteiger charge is -2.09. The fraction of sp³-hybridized carbons (Fsp3) is 0.300. The van der Waals surface area contributed by atoms with Crippen LogP contribution in [0.5, 0.6) is 0 Å². The van der Waals surface area contributed by atoms with Crippen LogP contribution in [0.25, 0.3) is 0 Å². The Kier molecular flexibility index (Phi) is 3.97. The third kappa shape index (κ3) is 3.71. The van der Waals surface area contributed by atoms with E-state index in [-0.39, 0.29) is 18.3 Å². The third-order valence-electron chi connectivity index (χ3n) is 1.92. The van der Waals surface area contributed by atoms with Crippen molar-refractivity contribution in [3.63, 3.8) is 0 Å². The highest BCUT2D eigenvalue weighted by molar-refractivity contribution is 6.00. The molecule has 0 saturated heterocycles. The van der Waals surface area contributed by atoms with Gasteiger partial charge >= 0.3 is 0 Å². The summed E-state index contributed by atoms with van der Waals surface area (Å²) < 4.78 is 13.7. The minimum absolute atomic E-state index is 0.0550. The third-order valence-corrected chi connectivity index (χ3v) is 1.92. The lowest BCUT2D eigenvalue weighted by atomic mass is 10.5. The number of aromatic nitrogens is 2. The van der Waals surface area contributed by atoms with Crippen LogP contribution < -0.4 is 5.32 Å². The number of carbonyl (C=O) groups is 2. The molecule has 17 heavy (non-hydrogen) atoms. The topological polar surface area (TPSA) is 67.2 Å². The molecule has 2 amide bonds. The Morgan fingerprint density at radius 3 is 2.76 bits per heavy atom. The van der Waals surface area contributed by atoms with Crippen molar-refractivity contribution in [3.05, 3.63) is 24.7 Å². The second kappa shape index (κ2) is 5.24. The first-order valence-electron chi connectivity index (χ1n) is 4.79. The van der Waals surface area contributed by atoms with Crippen molar-refractivity contribution in [1.29, 1.82) is 0 Å². The molecule has 0 bridgehead atoms. The van der Waals surface area contributed by atoms with E-state index < -0.39 is 11.7 Å². The Hall–Kier alpha value is -2.18. The maximum absolute atomic E-state index is 12.4. The van der Waals surface area contributed by atoms with Gasteiger partial charge in [0.2, 0.25) is 5.91 Å². The van der Waals surface area contributed by atoms with E-state index in [2.05, 4.69) is 17.0 Å². The Labute approximate surface area is 97.7 Å². The summed E-state index contributed by atoms with van der Waals surface area (Å²) >= 11 is 0. The highest BCUT2D eigenvalue weighted by Crippen LogP contribution is 2.05. The molecular weight excluding hydrogens is 227 g/mol. The molecule has 0 aliphatic heterocycles. The molecule has 0 unspecified atom stereocenters. The van der Waals surface area contributed by atoms with Crippen molar-refractivity contribution in [3.8, 4) is 0 Å². The van der Waals surface area contributed by atoms with Crippen molar-refractivity contribution >= 4 is 17.6 Å². The van der Waals surface area contributed by atoms with Crippen LogP contribution in [0.1, 0.15) is 0 Å². The summed E-state index contributed by atoms with van der Waals surface area (Å²) in [7, 11) is 3.25. The molecule has 1 N–H and O–H groups in total. The summed E-state index contributed by atoms with van der Waals surface area (Å²) in [5.41, 5.74) is 0. The van der Waals surface area contributed by atoms with Crippen molar-refractivity contribution in [2.24, 2.45) is 0 Å². The summed E-state index contributed by atoms with van der Waals surface area (Å²) in [5.74, 6) is -2.01. The Morgan fingerprint density at radius 1 is 1.59 bits per heavy atom. The Balaban J connectivity index is 2.63. The monoisotopic (exact) mass is 240 g/mol. The molecule has 1 aromatic rings. The van der Waals surface area contributed by atoms with Crippen molar-refractivity contribution in [2.75, 3.05) is 19.4 Å². The van der Waals surface area contributed by atoms with Gasteiger partial charge in [0.1, 0.15) is 6.54 Å². The van der Waals surface area contributed by atoms with Gasteiger partial charge in [-0.25, -0.2) is 4.39 Å². The van der Waals surface area contributed by atoms with Crippen molar-refractivity contribution < 1.29 is 14.0 Å². The maximum atomic E-state index is 12.4. The molecule has 0 fully saturated rings. The highest BCUT2D eigenvalue weighted by Gasteiger charge is 2.10. The predicted octanol–water partition coefficient (Wildman–Crippen LogP) is 0.393. The smallest absolute Gasteiger partial charge is 0.284 e. The number of hydrogen-bond donors (Lipinski definition) is 1. The lowest BCUT2D eigenvalue weighted by molar-refractivity contribution is -0.129. The van der Waals surface area contributed by atoms with Gasteiger partial charge in [0.25, 0.3) is 5.91 Å². The minimum Gasteiger partial charge on any atom is -0.347 e. The molecule has 0 saturated carbocycles. The SMILES string of the molecule is C=C(F)C(=O)Nc1ccn(CC(=O)N(C)C)n1. The van der Waals surface area contributed by atoms with E-state index in [1.165, 1.54) is 21.8 Å². The average molecular weight is 240 g/mol. The second-order valence-electron chi connectivity index (χ2n) is 3.55. The molecule has 0 atom stereocenters. The van der Waals surface area contributed by atoms with Gasteiger partial charge in [0.05, 0.1) is 0 Å². The van der Waals surface area contributed by atoms with Gasteiger partial charge in [0.15, 0.2) is 11.6 Å². The lowest BCUT2D eigenvalue weighted by Crippen LogP contribution is -2.26. The molecule has 0 aliphatic rings. The highest BCUT2D eigenvalue weighted by atomic mass is 19.1. The predicted molar refractivity (Wildman–Crippen MR) is 59.8 cm³/mol. The first kappa shape index (κ1) is 12.9. The molecule has 1 aromatic heterocycles. The quantitative estimate of drug-likeness (QED) is 0.774. The maximum Gasteiger partial charge on any atom is 0.284 e. The molecule has 7 heteroatoms. The minimum atomic E-state index is -1.09. The summed E-state index contributed by atoms with van der Waals surface area (Å²) in [6.07, 6.45) is 1.51. The molecule has 92 valence electrons. The number of anilines is 1. The fourth-order valence-corrected chi connectivity index (χ4v) is 0.981. The second-order valence-corrected chi connectivity index (χ2v) is 3.55. The summed E-state index contributed by atoms with van der Waals surface area (Å²) in [6.45, 7) is 2.91. The summed E-state index contributed by atoms with van der Waals surface area (Å²) in [6, 6.07) is 1.46. The first-order chi connectivity index (χ1) is 7.90. The van der Waals surface area contributed by atoms with Gasteiger partial charge in [-0.2, -0.15) is 5.10 Å². The van der Waals surface area contributed by atoms with Crippen LogP contribution >= 0.6 is 0 Å². The van der Waals surface area contributed by atoms with E-state index in [1.54, 1.807) is 14.1 Å². The fourth-order valence-electron chi connectivity index (χ4n) is 0.981. The average Bonchev–Trinajstić information content (AvgIpc) is 2.65. The van der Waals surface area contributed by atoms with E-state index in [4.69, 9.17) is 0 Å². The van der Waals surface area contributed by atoms with E-state index in [1.807, 2.05) is 0 Å². The van der Waals surface area contributed by atoms with Crippen LogP contribution in [-0.4, -0.2) is 40.6 Å². The van der Waals surface area contributed by atoms with E-state index in [0.29, 0.717) is 0 Å². The van der Waals surface area contributed by atoms with Crippen molar-refractivity contribution in [1.82, 2.24) is 14.7 Å². The van der Waals surface area contributed by atoms with Crippen LogP contribution in [0.2, 0.25) is 0 Å². The normalized spacial score (nSPS) is 9.82.